The van der Waals surface area contributed by atoms with Crippen molar-refractivity contribution in [2.45, 2.75) is 33.3 Å². The first-order valence-corrected chi connectivity index (χ1v) is 9.43. The highest BCUT2D eigenvalue weighted by Crippen LogP contribution is 2.39. The molecule has 0 spiro atoms. The van der Waals surface area contributed by atoms with Gasteiger partial charge in [0.1, 0.15) is 5.75 Å². The number of hydrogen-bond acceptors (Lipinski definition) is 5. The van der Waals surface area contributed by atoms with E-state index in [4.69, 9.17) is 4.74 Å². The van der Waals surface area contributed by atoms with Gasteiger partial charge in [-0.15, -0.1) is 11.3 Å². The highest BCUT2D eigenvalue weighted by Gasteiger charge is 2.33. The molecule has 2 aromatic rings. The quantitative estimate of drug-likeness (QED) is 0.820. The summed E-state index contributed by atoms with van der Waals surface area (Å²) in [5, 5.41) is 1.05. The Morgan fingerprint density at radius 2 is 2.08 bits per heavy atom. The van der Waals surface area contributed by atoms with Gasteiger partial charge in [-0.05, 0) is 52.6 Å². The summed E-state index contributed by atoms with van der Waals surface area (Å²) in [5.74, 6) is 0.818. The fraction of sp³-hybridized carbons (Fsp3) is 0.474. The minimum Gasteiger partial charge on any atom is -0.478 e. The molecule has 3 rings (SSSR count). The van der Waals surface area contributed by atoms with Gasteiger partial charge in [0, 0.05) is 23.5 Å². The lowest BCUT2D eigenvalue weighted by molar-refractivity contribution is -0.126. The summed E-state index contributed by atoms with van der Waals surface area (Å²) in [4.78, 5) is 22.6. The maximum atomic E-state index is 12.8. The van der Waals surface area contributed by atoms with Gasteiger partial charge in [-0.3, -0.25) is 4.79 Å². The Morgan fingerprint density at radius 3 is 2.68 bits per heavy atom. The molecule has 1 atom stereocenters. The monoisotopic (exact) mass is 359 g/mol. The number of likely N-dealkylation sites (N-methyl/N-ethyl adjacent to an activating group) is 1. The van der Waals surface area contributed by atoms with Crippen molar-refractivity contribution < 1.29 is 9.53 Å². The largest absolute Gasteiger partial charge is 0.478 e. The van der Waals surface area contributed by atoms with Crippen LogP contribution in [0.15, 0.2) is 18.2 Å². The normalized spacial score (nSPS) is 17.0. The minimum atomic E-state index is -0.399. The summed E-state index contributed by atoms with van der Waals surface area (Å²) in [6, 6.07) is 6.04. The van der Waals surface area contributed by atoms with E-state index in [1.54, 1.807) is 11.3 Å². The maximum absolute atomic E-state index is 12.8. The summed E-state index contributed by atoms with van der Waals surface area (Å²) in [7, 11) is 4.03. The number of carbonyl (C=O) groups is 1. The smallest absolute Gasteiger partial charge is 0.268 e. The molecule has 0 N–H and O–H groups in total. The molecule has 1 unspecified atom stereocenters. The van der Waals surface area contributed by atoms with Crippen LogP contribution in [0.25, 0.3) is 11.3 Å². The van der Waals surface area contributed by atoms with Crippen molar-refractivity contribution in [2.24, 2.45) is 0 Å². The minimum absolute atomic E-state index is 0.0418. The molecule has 1 aromatic heterocycles. The highest BCUT2D eigenvalue weighted by molar-refractivity contribution is 7.11. The zero-order chi connectivity index (χ0) is 18.1. The standard InChI is InChI=1S/C19H25N3O2S/c1-6-16-19(23)22(10-9-21(4)5)15-11-14(7-8-17(15)24-16)18-12(2)25-13(3)20-18/h7-8,11,16H,6,9-10H2,1-5H3. The van der Waals surface area contributed by atoms with Crippen molar-refractivity contribution in [3.8, 4) is 17.0 Å². The predicted octanol–water partition coefficient (Wildman–Crippen LogP) is 3.49. The number of hydrogen-bond donors (Lipinski definition) is 0. The first kappa shape index (κ1) is 17.9. The summed E-state index contributed by atoms with van der Waals surface area (Å²) in [6.45, 7) is 7.53. The zero-order valence-electron chi connectivity index (χ0n) is 15.5. The molecule has 134 valence electrons. The Kier molecular flexibility index (Phi) is 5.11. The summed E-state index contributed by atoms with van der Waals surface area (Å²) >= 11 is 1.69. The van der Waals surface area contributed by atoms with Crippen LogP contribution in [0.2, 0.25) is 0 Å². The van der Waals surface area contributed by atoms with Crippen molar-refractivity contribution >= 4 is 22.9 Å². The molecule has 0 radical (unpaired) electrons. The van der Waals surface area contributed by atoms with Crippen LogP contribution in [-0.4, -0.2) is 49.1 Å². The van der Waals surface area contributed by atoms with Crippen molar-refractivity contribution in [3.05, 3.63) is 28.1 Å². The summed E-state index contributed by atoms with van der Waals surface area (Å²) < 4.78 is 5.93. The number of aryl methyl sites for hydroxylation is 2. The molecule has 0 fully saturated rings. The maximum Gasteiger partial charge on any atom is 0.268 e. The van der Waals surface area contributed by atoms with E-state index in [9.17, 15) is 4.79 Å². The molecule has 1 aromatic carbocycles. The highest BCUT2D eigenvalue weighted by atomic mass is 32.1. The van der Waals surface area contributed by atoms with Gasteiger partial charge < -0.3 is 14.5 Å². The Morgan fingerprint density at radius 1 is 1.32 bits per heavy atom. The second-order valence-electron chi connectivity index (χ2n) is 6.63. The molecule has 0 saturated carbocycles. The van der Waals surface area contributed by atoms with Gasteiger partial charge in [0.05, 0.1) is 16.4 Å². The van der Waals surface area contributed by atoms with Crippen molar-refractivity contribution in [1.82, 2.24) is 9.88 Å². The number of fused-ring (bicyclic) bond motifs is 1. The van der Waals surface area contributed by atoms with E-state index < -0.39 is 6.10 Å². The molecule has 0 aliphatic carbocycles. The number of nitrogens with zero attached hydrogens (tertiary/aromatic N) is 3. The molecule has 2 heterocycles. The van der Waals surface area contributed by atoms with E-state index in [0.717, 1.165) is 34.2 Å². The average Bonchev–Trinajstić information content (AvgIpc) is 2.91. The van der Waals surface area contributed by atoms with Crippen LogP contribution in [0.3, 0.4) is 0 Å². The third kappa shape index (κ3) is 3.55. The van der Waals surface area contributed by atoms with Crippen molar-refractivity contribution in [2.75, 3.05) is 32.1 Å². The fourth-order valence-corrected chi connectivity index (χ4v) is 3.90. The molecule has 1 aliphatic rings. The average molecular weight is 359 g/mol. The van der Waals surface area contributed by atoms with Gasteiger partial charge in [0.2, 0.25) is 0 Å². The van der Waals surface area contributed by atoms with E-state index in [-0.39, 0.29) is 5.91 Å². The van der Waals surface area contributed by atoms with Crippen molar-refractivity contribution in [3.63, 3.8) is 0 Å². The van der Waals surface area contributed by atoms with Crippen LogP contribution < -0.4 is 9.64 Å². The van der Waals surface area contributed by atoms with Gasteiger partial charge in [0.15, 0.2) is 6.10 Å². The SMILES string of the molecule is CCC1Oc2ccc(-c3nc(C)sc3C)cc2N(CCN(C)C)C1=O. The summed E-state index contributed by atoms with van der Waals surface area (Å²) in [6.07, 6.45) is 0.270. The molecule has 0 bridgehead atoms. The van der Waals surface area contributed by atoms with Gasteiger partial charge >= 0.3 is 0 Å². The van der Waals surface area contributed by atoms with Gasteiger partial charge in [-0.2, -0.15) is 0 Å². The third-order valence-corrected chi connectivity index (χ3v) is 5.27. The van der Waals surface area contributed by atoms with E-state index in [1.165, 1.54) is 4.88 Å². The number of anilines is 1. The molecule has 1 aliphatic heterocycles. The van der Waals surface area contributed by atoms with Crippen LogP contribution in [-0.2, 0) is 4.79 Å². The number of rotatable bonds is 5. The van der Waals surface area contributed by atoms with Gasteiger partial charge in [-0.1, -0.05) is 6.92 Å². The Labute approximate surface area is 153 Å². The lowest BCUT2D eigenvalue weighted by Gasteiger charge is -2.35. The van der Waals surface area contributed by atoms with Gasteiger partial charge in [-0.25, -0.2) is 4.98 Å². The Bertz CT molecular complexity index is 785. The predicted molar refractivity (Wildman–Crippen MR) is 103 cm³/mol. The number of ether oxygens (including phenoxy) is 1. The second kappa shape index (κ2) is 7.14. The van der Waals surface area contributed by atoms with E-state index in [1.807, 2.05) is 51.0 Å². The lowest BCUT2D eigenvalue weighted by atomic mass is 10.1. The lowest BCUT2D eigenvalue weighted by Crippen LogP contribution is -2.47. The number of carbonyl (C=O) groups excluding carboxylic acids is 1. The number of benzene rings is 1. The number of amides is 1. The van der Waals surface area contributed by atoms with Gasteiger partial charge in [0.25, 0.3) is 5.91 Å². The van der Waals surface area contributed by atoms with Crippen LogP contribution in [0, 0.1) is 13.8 Å². The van der Waals surface area contributed by atoms with E-state index in [0.29, 0.717) is 13.0 Å². The van der Waals surface area contributed by atoms with Crippen molar-refractivity contribution in [1.29, 1.82) is 0 Å². The molecule has 25 heavy (non-hydrogen) atoms. The fourth-order valence-electron chi connectivity index (χ4n) is 3.06. The molecular weight excluding hydrogens is 334 g/mol. The zero-order valence-corrected chi connectivity index (χ0v) is 16.3. The number of thiazole rings is 1. The second-order valence-corrected chi connectivity index (χ2v) is 8.04. The third-order valence-electron chi connectivity index (χ3n) is 4.38. The summed E-state index contributed by atoms with van der Waals surface area (Å²) in [5.41, 5.74) is 2.86. The topological polar surface area (TPSA) is 45.7 Å². The molecule has 0 saturated heterocycles. The van der Waals surface area contributed by atoms with Crippen LogP contribution in [0.1, 0.15) is 23.2 Å². The van der Waals surface area contributed by atoms with E-state index in [2.05, 4.69) is 16.8 Å². The molecule has 5 nitrogen and oxygen atoms in total. The first-order chi connectivity index (χ1) is 11.9. The molecule has 1 amide bonds. The van der Waals surface area contributed by atoms with Crippen LogP contribution in [0.4, 0.5) is 5.69 Å². The Hall–Kier alpha value is -1.92. The molecular formula is C19H25N3O2S. The number of aromatic nitrogens is 1. The van der Waals surface area contributed by atoms with Crippen LogP contribution >= 0.6 is 11.3 Å². The first-order valence-electron chi connectivity index (χ1n) is 8.62. The van der Waals surface area contributed by atoms with E-state index >= 15 is 0 Å². The van der Waals surface area contributed by atoms with Crippen LogP contribution in [0.5, 0.6) is 5.75 Å². The molecule has 6 heteroatoms. The Balaban J connectivity index is 2.02.